The molecule has 0 amide bonds. The van der Waals surface area contributed by atoms with Crippen LogP contribution in [-0.4, -0.2) is 23.0 Å². The largest absolute Gasteiger partial charge is 0.368 e. The van der Waals surface area contributed by atoms with Crippen molar-refractivity contribution >= 4 is 0 Å². The Kier molecular flexibility index (Phi) is 3.30. The summed E-state index contributed by atoms with van der Waals surface area (Å²) in [6, 6.07) is 0. The molecule has 0 aliphatic heterocycles. The van der Waals surface area contributed by atoms with Crippen molar-refractivity contribution in [3.8, 4) is 0 Å². The Bertz CT molecular complexity index is 117. The normalized spacial score (nSPS) is 32.7. The van der Waals surface area contributed by atoms with Crippen molar-refractivity contribution in [3.05, 3.63) is 0 Å². The molecule has 0 aromatic carbocycles. The molecule has 0 aromatic heterocycles. The summed E-state index contributed by atoms with van der Waals surface area (Å²) in [4.78, 5) is 0. The van der Waals surface area contributed by atoms with Crippen LogP contribution < -0.4 is 5.73 Å². The fourth-order valence-corrected chi connectivity index (χ4v) is 1.82. The van der Waals surface area contributed by atoms with E-state index in [-0.39, 0.29) is 5.92 Å². The smallest absolute Gasteiger partial charge is 0.154 e. The van der Waals surface area contributed by atoms with Crippen LogP contribution in [0.1, 0.15) is 25.7 Å². The minimum atomic E-state index is -1.13. The quantitative estimate of drug-likeness (QED) is 0.499. The molecule has 11 heavy (non-hydrogen) atoms. The van der Waals surface area contributed by atoms with Gasteiger partial charge in [0.15, 0.2) is 6.29 Å². The van der Waals surface area contributed by atoms with Crippen molar-refractivity contribution in [3.63, 3.8) is 0 Å². The summed E-state index contributed by atoms with van der Waals surface area (Å²) in [6.07, 6.45) is 2.93. The summed E-state index contributed by atoms with van der Waals surface area (Å²) in [5.74, 6) is 0.577. The number of hydrogen-bond donors (Lipinski definition) is 3. The Morgan fingerprint density at radius 3 is 2.64 bits per heavy atom. The van der Waals surface area contributed by atoms with Gasteiger partial charge in [0.1, 0.15) is 0 Å². The molecule has 1 aliphatic rings. The standard InChI is InChI=1S/C8H17NO2/c9-5-6-2-1-3-7(4-6)8(10)11/h6-8,10-11H,1-5,9H2. The predicted octanol–water partition coefficient (Wildman–Crippen LogP) is 0.0622. The molecule has 66 valence electrons. The van der Waals surface area contributed by atoms with Gasteiger partial charge < -0.3 is 15.9 Å². The summed E-state index contributed by atoms with van der Waals surface area (Å²) >= 11 is 0. The van der Waals surface area contributed by atoms with Gasteiger partial charge in [-0.25, -0.2) is 0 Å². The molecule has 1 fully saturated rings. The summed E-state index contributed by atoms with van der Waals surface area (Å²) in [5, 5.41) is 17.8. The summed E-state index contributed by atoms with van der Waals surface area (Å²) < 4.78 is 0. The molecule has 0 radical (unpaired) electrons. The summed E-state index contributed by atoms with van der Waals surface area (Å²) in [5.41, 5.74) is 5.50. The van der Waals surface area contributed by atoms with Gasteiger partial charge in [-0.05, 0) is 31.7 Å². The van der Waals surface area contributed by atoms with Crippen LogP contribution >= 0.6 is 0 Å². The monoisotopic (exact) mass is 159 g/mol. The highest BCUT2D eigenvalue weighted by Crippen LogP contribution is 2.29. The van der Waals surface area contributed by atoms with Gasteiger partial charge in [0.25, 0.3) is 0 Å². The first-order valence-corrected chi connectivity index (χ1v) is 4.30. The first-order chi connectivity index (χ1) is 5.24. The first-order valence-electron chi connectivity index (χ1n) is 4.30. The minimum Gasteiger partial charge on any atom is -0.368 e. The molecule has 2 unspecified atom stereocenters. The van der Waals surface area contributed by atoms with Crippen molar-refractivity contribution in [1.82, 2.24) is 0 Å². The molecule has 1 aliphatic carbocycles. The third-order valence-electron chi connectivity index (χ3n) is 2.58. The maximum atomic E-state index is 8.91. The Balaban J connectivity index is 2.33. The Morgan fingerprint density at radius 1 is 1.36 bits per heavy atom. The molecule has 0 aromatic rings. The Labute approximate surface area is 67.2 Å². The highest BCUT2D eigenvalue weighted by Gasteiger charge is 2.24. The number of rotatable bonds is 2. The average Bonchev–Trinajstić information content (AvgIpc) is 2.05. The van der Waals surface area contributed by atoms with E-state index in [0.717, 1.165) is 25.7 Å². The lowest BCUT2D eigenvalue weighted by molar-refractivity contribution is -0.0975. The van der Waals surface area contributed by atoms with E-state index >= 15 is 0 Å². The molecule has 1 rings (SSSR count). The van der Waals surface area contributed by atoms with E-state index in [2.05, 4.69) is 0 Å². The molecule has 2 atom stereocenters. The van der Waals surface area contributed by atoms with E-state index in [9.17, 15) is 0 Å². The molecular formula is C8H17NO2. The SMILES string of the molecule is NCC1CCCC(C(O)O)C1. The third kappa shape index (κ3) is 2.43. The van der Waals surface area contributed by atoms with Crippen LogP contribution in [0.5, 0.6) is 0 Å². The second kappa shape index (κ2) is 4.04. The van der Waals surface area contributed by atoms with Crippen molar-refractivity contribution in [2.75, 3.05) is 6.54 Å². The maximum Gasteiger partial charge on any atom is 0.154 e. The molecular weight excluding hydrogens is 142 g/mol. The van der Waals surface area contributed by atoms with Crippen LogP contribution in [0.2, 0.25) is 0 Å². The lowest BCUT2D eigenvalue weighted by atomic mass is 9.81. The predicted molar refractivity (Wildman–Crippen MR) is 42.7 cm³/mol. The van der Waals surface area contributed by atoms with Crippen molar-refractivity contribution in [1.29, 1.82) is 0 Å². The summed E-state index contributed by atoms with van der Waals surface area (Å²) in [6.45, 7) is 0.684. The van der Waals surface area contributed by atoms with Gasteiger partial charge in [-0.15, -0.1) is 0 Å². The highest BCUT2D eigenvalue weighted by molar-refractivity contribution is 4.74. The molecule has 0 bridgehead atoms. The molecule has 4 N–H and O–H groups in total. The highest BCUT2D eigenvalue weighted by atomic mass is 16.5. The minimum absolute atomic E-state index is 0.0669. The van der Waals surface area contributed by atoms with Crippen LogP contribution in [0.15, 0.2) is 0 Å². The number of hydrogen-bond acceptors (Lipinski definition) is 3. The zero-order valence-electron chi connectivity index (χ0n) is 6.74. The lowest BCUT2D eigenvalue weighted by Crippen LogP contribution is -2.29. The van der Waals surface area contributed by atoms with Gasteiger partial charge in [0, 0.05) is 5.92 Å². The zero-order valence-corrected chi connectivity index (χ0v) is 6.74. The van der Waals surface area contributed by atoms with Crippen molar-refractivity contribution < 1.29 is 10.2 Å². The van der Waals surface area contributed by atoms with E-state index < -0.39 is 6.29 Å². The third-order valence-corrected chi connectivity index (χ3v) is 2.58. The molecule has 3 nitrogen and oxygen atoms in total. The number of nitrogens with two attached hydrogens (primary N) is 1. The van der Waals surface area contributed by atoms with Gasteiger partial charge in [-0.1, -0.05) is 6.42 Å². The topological polar surface area (TPSA) is 66.5 Å². The Morgan fingerprint density at radius 2 is 2.09 bits per heavy atom. The molecule has 3 heteroatoms. The van der Waals surface area contributed by atoms with Gasteiger partial charge in [0.05, 0.1) is 0 Å². The fourth-order valence-electron chi connectivity index (χ4n) is 1.82. The first kappa shape index (κ1) is 8.97. The van der Waals surface area contributed by atoms with E-state index in [1.807, 2.05) is 0 Å². The van der Waals surface area contributed by atoms with E-state index in [1.165, 1.54) is 0 Å². The van der Waals surface area contributed by atoms with Crippen LogP contribution in [0.3, 0.4) is 0 Å². The molecule has 1 saturated carbocycles. The van der Waals surface area contributed by atoms with Gasteiger partial charge in [-0.3, -0.25) is 0 Å². The van der Waals surface area contributed by atoms with Crippen molar-refractivity contribution in [2.45, 2.75) is 32.0 Å². The van der Waals surface area contributed by atoms with E-state index in [4.69, 9.17) is 15.9 Å². The van der Waals surface area contributed by atoms with E-state index in [1.54, 1.807) is 0 Å². The summed E-state index contributed by atoms with van der Waals surface area (Å²) in [7, 11) is 0. The lowest BCUT2D eigenvalue weighted by Gasteiger charge is -2.29. The van der Waals surface area contributed by atoms with Crippen molar-refractivity contribution in [2.24, 2.45) is 17.6 Å². The average molecular weight is 159 g/mol. The second-order valence-corrected chi connectivity index (χ2v) is 3.44. The maximum absolute atomic E-state index is 8.91. The van der Waals surface area contributed by atoms with Crippen LogP contribution in [0.4, 0.5) is 0 Å². The van der Waals surface area contributed by atoms with Crippen LogP contribution in [0.25, 0.3) is 0 Å². The van der Waals surface area contributed by atoms with Crippen LogP contribution in [0, 0.1) is 11.8 Å². The molecule has 0 spiro atoms. The number of aliphatic hydroxyl groups excluding tert-OH is 1. The number of aliphatic hydroxyl groups is 2. The Hall–Kier alpha value is -0.120. The van der Waals surface area contributed by atoms with Crippen LogP contribution in [-0.2, 0) is 0 Å². The fraction of sp³-hybridized carbons (Fsp3) is 1.00. The second-order valence-electron chi connectivity index (χ2n) is 3.44. The van der Waals surface area contributed by atoms with E-state index in [0.29, 0.717) is 12.5 Å². The molecule has 0 saturated heterocycles. The molecule has 0 heterocycles. The van der Waals surface area contributed by atoms with Gasteiger partial charge in [0.2, 0.25) is 0 Å². The zero-order chi connectivity index (χ0) is 8.27. The van der Waals surface area contributed by atoms with Gasteiger partial charge in [-0.2, -0.15) is 0 Å². The van der Waals surface area contributed by atoms with Gasteiger partial charge >= 0.3 is 0 Å².